The third-order valence-electron chi connectivity index (χ3n) is 3.73. The second-order valence-corrected chi connectivity index (χ2v) is 7.59. The maximum absolute atomic E-state index is 13.0. The number of aromatic nitrogens is 2. The molecule has 0 radical (unpaired) electrons. The standard InChI is InChI=1S/C14H26N4O2S/c1-4-8-18(10-12-6-7-12)21(19,20)14-11(3)16-17-13(14)9-15-5-2/h12,15H,4-10H2,1-3H3,(H,16,17). The van der Waals surface area contributed by atoms with Gasteiger partial charge in [-0.25, -0.2) is 8.42 Å². The van der Waals surface area contributed by atoms with Gasteiger partial charge >= 0.3 is 0 Å². The molecule has 0 aliphatic heterocycles. The van der Waals surface area contributed by atoms with Crippen molar-refractivity contribution in [1.82, 2.24) is 19.8 Å². The second-order valence-electron chi connectivity index (χ2n) is 5.71. The molecule has 1 fully saturated rings. The van der Waals surface area contributed by atoms with Crippen LogP contribution in [0, 0.1) is 12.8 Å². The summed E-state index contributed by atoms with van der Waals surface area (Å²) in [6, 6.07) is 0. The topological polar surface area (TPSA) is 78.1 Å². The lowest BCUT2D eigenvalue weighted by molar-refractivity contribution is 0.395. The normalized spacial score (nSPS) is 15.8. The van der Waals surface area contributed by atoms with Gasteiger partial charge in [-0.15, -0.1) is 0 Å². The minimum absolute atomic E-state index is 0.359. The molecular weight excluding hydrogens is 288 g/mol. The van der Waals surface area contributed by atoms with Crippen LogP contribution in [-0.2, 0) is 16.6 Å². The zero-order valence-electron chi connectivity index (χ0n) is 13.1. The van der Waals surface area contributed by atoms with Crippen molar-refractivity contribution in [1.29, 1.82) is 0 Å². The molecule has 2 N–H and O–H groups in total. The fourth-order valence-corrected chi connectivity index (χ4v) is 4.39. The molecular formula is C14H26N4O2S. The number of hydrogen-bond acceptors (Lipinski definition) is 4. The molecule has 2 rings (SSSR count). The molecule has 0 spiro atoms. The van der Waals surface area contributed by atoms with Gasteiger partial charge < -0.3 is 5.32 Å². The van der Waals surface area contributed by atoms with Gasteiger partial charge in [-0.2, -0.15) is 9.40 Å². The van der Waals surface area contributed by atoms with Crippen LogP contribution in [0.5, 0.6) is 0 Å². The Kier molecular flexibility index (Phi) is 5.40. The van der Waals surface area contributed by atoms with E-state index in [1.807, 2.05) is 13.8 Å². The summed E-state index contributed by atoms with van der Waals surface area (Å²) >= 11 is 0. The van der Waals surface area contributed by atoms with E-state index in [0.29, 0.717) is 41.8 Å². The average Bonchev–Trinajstić information content (AvgIpc) is 3.17. The van der Waals surface area contributed by atoms with Crippen molar-refractivity contribution in [2.75, 3.05) is 19.6 Å². The molecule has 0 atom stereocenters. The van der Waals surface area contributed by atoms with E-state index >= 15 is 0 Å². The van der Waals surface area contributed by atoms with Crippen LogP contribution in [0.15, 0.2) is 4.90 Å². The van der Waals surface area contributed by atoms with Crippen LogP contribution in [-0.4, -0.2) is 42.6 Å². The number of sulfonamides is 1. The molecule has 0 unspecified atom stereocenters. The summed E-state index contributed by atoms with van der Waals surface area (Å²) in [7, 11) is -3.47. The van der Waals surface area contributed by atoms with Crippen molar-refractivity contribution in [3.05, 3.63) is 11.4 Å². The van der Waals surface area contributed by atoms with Crippen molar-refractivity contribution >= 4 is 10.0 Å². The molecule has 1 aromatic rings. The summed E-state index contributed by atoms with van der Waals surface area (Å²) in [6.07, 6.45) is 3.11. The molecule has 1 aliphatic carbocycles. The van der Waals surface area contributed by atoms with Crippen molar-refractivity contribution in [2.24, 2.45) is 5.92 Å². The maximum Gasteiger partial charge on any atom is 0.246 e. The molecule has 1 aliphatic rings. The Hall–Kier alpha value is -0.920. The zero-order chi connectivity index (χ0) is 15.5. The van der Waals surface area contributed by atoms with Crippen LogP contribution in [0.3, 0.4) is 0 Å². The fraction of sp³-hybridized carbons (Fsp3) is 0.786. The quantitative estimate of drug-likeness (QED) is 0.726. The summed E-state index contributed by atoms with van der Waals surface area (Å²) in [5, 5.41) is 10.1. The molecule has 1 aromatic heterocycles. The molecule has 0 aromatic carbocycles. The van der Waals surface area contributed by atoms with Gasteiger partial charge in [0.1, 0.15) is 4.90 Å². The Labute approximate surface area is 127 Å². The molecule has 7 heteroatoms. The monoisotopic (exact) mass is 314 g/mol. The van der Waals surface area contributed by atoms with Crippen LogP contribution in [0.1, 0.15) is 44.5 Å². The third kappa shape index (κ3) is 3.84. The molecule has 21 heavy (non-hydrogen) atoms. The Balaban J connectivity index is 2.29. The SMILES string of the molecule is CCCN(CC1CC1)S(=O)(=O)c1c(CNCC)n[nH]c1C. The van der Waals surface area contributed by atoms with Gasteiger partial charge in [0.2, 0.25) is 10.0 Å². The van der Waals surface area contributed by atoms with E-state index in [1.165, 1.54) is 0 Å². The van der Waals surface area contributed by atoms with E-state index in [-0.39, 0.29) is 0 Å². The molecule has 0 saturated heterocycles. The van der Waals surface area contributed by atoms with E-state index < -0.39 is 10.0 Å². The van der Waals surface area contributed by atoms with E-state index in [4.69, 9.17) is 0 Å². The minimum atomic E-state index is -3.47. The summed E-state index contributed by atoms with van der Waals surface area (Å²) in [5.74, 6) is 0.538. The third-order valence-corrected chi connectivity index (χ3v) is 5.80. The van der Waals surface area contributed by atoms with Gasteiger partial charge in [-0.05, 0) is 38.6 Å². The lowest BCUT2D eigenvalue weighted by atomic mass is 10.3. The molecule has 6 nitrogen and oxygen atoms in total. The molecule has 0 amide bonds. The Morgan fingerprint density at radius 2 is 2.10 bits per heavy atom. The highest BCUT2D eigenvalue weighted by molar-refractivity contribution is 7.89. The highest BCUT2D eigenvalue weighted by atomic mass is 32.2. The van der Waals surface area contributed by atoms with Crippen molar-refractivity contribution in [3.8, 4) is 0 Å². The number of hydrogen-bond donors (Lipinski definition) is 2. The Morgan fingerprint density at radius 1 is 1.38 bits per heavy atom. The first-order chi connectivity index (χ1) is 10.0. The highest BCUT2D eigenvalue weighted by Crippen LogP contribution is 2.32. The van der Waals surface area contributed by atoms with E-state index in [9.17, 15) is 8.42 Å². The number of aryl methyl sites for hydroxylation is 1. The molecule has 120 valence electrons. The number of nitrogens with one attached hydrogen (secondary N) is 2. The van der Waals surface area contributed by atoms with Crippen LogP contribution in [0.2, 0.25) is 0 Å². The van der Waals surface area contributed by atoms with Gasteiger partial charge in [0, 0.05) is 19.6 Å². The van der Waals surface area contributed by atoms with Crippen LogP contribution < -0.4 is 5.32 Å². The zero-order valence-corrected chi connectivity index (χ0v) is 14.0. The number of rotatable bonds is 9. The summed E-state index contributed by atoms with van der Waals surface area (Å²) in [6.45, 7) is 8.24. The lowest BCUT2D eigenvalue weighted by Crippen LogP contribution is -2.34. The first kappa shape index (κ1) is 16.5. The van der Waals surface area contributed by atoms with Gasteiger partial charge in [0.15, 0.2) is 0 Å². The largest absolute Gasteiger partial charge is 0.311 e. The van der Waals surface area contributed by atoms with Crippen molar-refractivity contribution in [3.63, 3.8) is 0 Å². The van der Waals surface area contributed by atoms with Crippen LogP contribution in [0.25, 0.3) is 0 Å². The number of aromatic amines is 1. The fourth-order valence-electron chi connectivity index (χ4n) is 2.45. The average molecular weight is 314 g/mol. The molecule has 1 saturated carbocycles. The van der Waals surface area contributed by atoms with Crippen molar-refractivity contribution in [2.45, 2.75) is 51.5 Å². The smallest absolute Gasteiger partial charge is 0.246 e. The van der Waals surface area contributed by atoms with Gasteiger partial charge in [0.05, 0.1) is 11.4 Å². The predicted octanol–water partition coefficient (Wildman–Crippen LogP) is 1.64. The second kappa shape index (κ2) is 6.89. The van der Waals surface area contributed by atoms with Crippen LogP contribution >= 0.6 is 0 Å². The summed E-state index contributed by atoms with van der Waals surface area (Å²) in [5.41, 5.74) is 1.21. The highest BCUT2D eigenvalue weighted by Gasteiger charge is 2.34. The molecule has 0 bridgehead atoms. The molecule has 1 heterocycles. The minimum Gasteiger partial charge on any atom is -0.311 e. The van der Waals surface area contributed by atoms with Crippen molar-refractivity contribution < 1.29 is 8.42 Å². The van der Waals surface area contributed by atoms with Crippen LogP contribution in [0.4, 0.5) is 0 Å². The summed E-state index contributed by atoms with van der Waals surface area (Å²) in [4.78, 5) is 0.359. The van der Waals surface area contributed by atoms with E-state index in [1.54, 1.807) is 11.2 Å². The number of nitrogens with zero attached hydrogens (tertiary/aromatic N) is 2. The predicted molar refractivity (Wildman–Crippen MR) is 82.5 cm³/mol. The Morgan fingerprint density at radius 3 is 2.67 bits per heavy atom. The lowest BCUT2D eigenvalue weighted by Gasteiger charge is -2.22. The first-order valence-corrected chi connectivity index (χ1v) is 9.19. The van der Waals surface area contributed by atoms with Gasteiger partial charge in [-0.1, -0.05) is 13.8 Å². The van der Waals surface area contributed by atoms with Gasteiger partial charge in [-0.3, -0.25) is 5.10 Å². The Bertz CT molecular complexity index is 564. The maximum atomic E-state index is 13.0. The first-order valence-electron chi connectivity index (χ1n) is 7.75. The van der Waals surface area contributed by atoms with Gasteiger partial charge in [0.25, 0.3) is 0 Å². The van der Waals surface area contributed by atoms with E-state index in [0.717, 1.165) is 25.8 Å². The van der Waals surface area contributed by atoms with E-state index in [2.05, 4.69) is 15.5 Å². The number of H-pyrrole nitrogens is 1. The summed E-state index contributed by atoms with van der Waals surface area (Å²) < 4.78 is 27.6.